The number of hydrogen-bond donors (Lipinski definition) is 2. The van der Waals surface area contributed by atoms with Crippen LogP contribution in [0.15, 0.2) is 47.8 Å². The number of rotatable bonds is 7. The molecule has 1 atom stereocenters. The summed E-state index contributed by atoms with van der Waals surface area (Å²) in [6.07, 6.45) is 0.704. The summed E-state index contributed by atoms with van der Waals surface area (Å²) in [5, 5.41) is 7.38. The first-order valence-electron chi connectivity index (χ1n) is 7.87. The number of nitrogens with one attached hydrogen (secondary N) is 2. The molecule has 1 aromatic heterocycles. The highest BCUT2D eigenvalue weighted by Gasteiger charge is 2.19. The summed E-state index contributed by atoms with van der Waals surface area (Å²) in [5.74, 6) is -1.18. The van der Waals surface area contributed by atoms with Crippen LogP contribution in [0.5, 0.6) is 0 Å². The molecule has 2 aromatic rings. The molecular weight excluding hydrogens is 322 g/mol. The Morgan fingerprint density at radius 2 is 1.75 bits per heavy atom. The maximum atomic E-state index is 11.9. The maximum Gasteiger partial charge on any atom is 0.309 e. The molecule has 6 heteroatoms. The zero-order chi connectivity index (χ0) is 17.4. The molecule has 0 aliphatic rings. The summed E-state index contributed by atoms with van der Waals surface area (Å²) < 4.78 is 0. The van der Waals surface area contributed by atoms with Crippen molar-refractivity contribution < 1.29 is 9.59 Å². The first-order valence-corrected chi connectivity index (χ1v) is 8.75. The fourth-order valence-electron chi connectivity index (χ4n) is 2.33. The van der Waals surface area contributed by atoms with Crippen molar-refractivity contribution in [2.45, 2.75) is 12.5 Å². The van der Waals surface area contributed by atoms with Gasteiger partial charge in [-0.25, -0.2) is 0 Å². The van der Waals surface area contributed by atoms with E-state index in [1.54, 1.807) is 11.3 Å². The Hall–Kier alpha value is -2.18. The molecule has 0 aliphatic carbocycles. The lowest BCUT2D eigenvalue weighted by Crippen LogP contribution is -2.43. The van der Waals surface area contributed by atoms with Crippen LogP contribution in [0.25, 0.3) is 0 Å². The summed E-state index contributed by atoms with van der Waals surface area (Å²) in [5.41, 5.74) is 1.13. The topological polar surface area (TPSA) is 61.4 Å². The molecule has 2 amide bonds. The SMILES string of the molecule is CN(C)C(CNC(=O)C(=O)NCCc1ccccc1)c1cccs1. The summed E-state index contributed by atoms with van der Waals surface area (Å²) >= 11 is 1.64. The van der Waals surface area contributed by atoms with E-state index in [0.717, 1.165) is 10.4 Å². The van der Waals surface area contributed by atoms with Crippen molar-refractivity contribution in [3.8, 4) is 0 Å². The third-order valence-electron chi connectivity index (χ3n) is 3.70. The molecule has 0 aliphatic heterocycles. The molecule has 128 valence electrons. The molecule has 2 N–H and O–H groups in total. The number of carbonyl (C=O) groups excluding carboxylic acids is 2. The molecule has 0 fully saturated rings. The van der Waals surface area contributed by atoms with Crippen LogP contribution in [-0.4, -0.2) is 43.9 Å². The molecule has 5 nitrogen and oxygen atoms in total. The zero-order valence-corrected chi connectivity index (χ0v) is 14.8. The molecular formula is C18H23N3O2S. The van der Waals surface area contributed by atoms with Crippen LogP contribution in [0.3, 0.4) is 0 Å². The molecule has 0 spiro atoms. The van der Waals surface area contributed by atoms with Gasteiger partial charge in [-0.2, -0.15) is 0 Å². The highest BCUT2D eigenvalue weighted by molar-refractivity contribution is 7.10. The Balaban J connectivity index is 1.75. The third kappa shape index (κ3) is 5.47. The van der Waals surface area contributed by atoms with E-state index in [2.05, 4.69) is 10.6 Å². The summed E-state index contributed by atoms with van der Waals surface area (Å²) in [7, 11) is 3.91. The van der Waals surface area contributed by atoms with Crippen molar-refractivity contribution in [1.82, 2.24) is 15.5 Å². The van der Waals surface area contributed by atoms with Crippen molar-refractivity contribution in [3.63, 3.8) is 0 Å². The Morgan fingerprint density at radius 3 is 2.38 bits per heavy atom. The van der Waals surface area contributed by atoms with Crippen molar-refractivity contribution in [2.24, 2.45) is 0 Å². The van der Waals surface area contributed by atoms with Crippen molar-refractivity contribution in [3.05, 3.63) is 58.3 Å². The van der Waals surface area contributed by atoms with E-state index in [0.29, 0.717) is 19.5 Å². The number of thiophene rings is 1. The van der Waals surface area contributed by atoms with Crippen LogP contribution in [0.2, 0.25) is 0 Å². The summed E-state index contributed by atoms with van der Waals surface area (Å²) in [6.45, 7) is 0.844. The predicted octanol–water partition coefficient (Wildman–Crippen LogP) is 1.83. The lowest BCUT2D eigenvalue weighted by atomic mass is 10.1. The molecule has 0 saturated heterocycles. The average Bonchev–Trinajstić information content (AvgIpc) is 3.09. The van der Waals surface area contributed by atoms with Crippen LogP contribution < -0.4 is 10.6 Å². The maximum absolute atomic E-state index is 11.9. The quantitative estimate of drug-likeness (QED) is 0.753. The highest BCUT2D eigenvalue weighted by atomic mass is 32.1. The molecule has 1 unspecified atom stereocenters. The molecule has 1 aromatic carbocycles. The number of carbonyl (C=O) groups is 2. The van der Waals surface area contributed by atoms with Gasteiger partial charge in [-0.1, -0.05) is 36.4 Å². The van der Waals surface area contributed by atoms with E-state index < -0.39 is 11.8 Å². The van der Waals surface area contributed by atoms with E-state index in [4.69, 9.17) is 0 Å². The first kappa shape index (κ1) is 18.2. The van der Waals surface area contributed by atoms with E-state index >= 15 is 0 Å². The largest absolute Gasteiger partial charge is 0.348 e. The summed E-state index contributed by atoms with van der Waals surface area (Å²) in [4.78, 5) is 27.0. The monoisotopic (exact) mass is 345 g/mol. The van der Waals surface area contributed by atoms with Crippen LogP contribution in [0, 0.1) is 0 Å². The Morgan fingerprint density at radius 1 is 1.04 bits per heavy atom. The van der Waals surface area contributed by atoms with Crippen LogP contribution in [0.1, 0.15) is 16.5 Å². The van der Waals surface area contributed by atoms with E-state index in [1.807, 2.05) is 66.8 Å². The smallest absolute Gasteiger partial charge is 0.309 e. The van der Waals surface area contributed by atoms with Crippen molar-refractivity contribution >= 4 is 23.2 Å². The predicted molar refractivity (Wildman–Crippen MR) is 96.9 cm³/mol. The van der Waals surface area contributed by atoms with Crippen LogP contribution >= 0.6 is 11.3 Å². The van der Waals surface area contributed by atoms with Gasteiger partial charge < -0.3 is 15.5 Å². The van der Waals surface area contributed by atoms with Gasteiger partial charge in [-0.15, -0.1) is 11.3 Å². The Kier molecular flexibility index (Phi) is 6.96. The first-order chi connectivity index (χ1) is 11.6. The Labute approximate surface area is 146 Å². The second-order valence-electron chi connectivity index (χ2n) is 5.70. The normalized spacial score (nSPS) is 12.0. The number of nitrogens with zero attached hydrogens (tertiary/aromatic N) is 1. The minimum Gasteiger partial charge on any atom is -0.348 e. The van der Waals surface area contributed by atoms with Gasteiger partial charge in [0, 0.05) is 18.0 Å². The standard InChI is InChI=1S/C18H23N3O2S/c1-21(2)15(16-9-6-12-24-16)13-20-18(23)17(22)19-11-10-14-7-4-3-5-8-14/h3-9,12,15H,10-11,13H2,1-2H3,(H,19,22)(H,20,23). The lowest BCUT2D eigenvalue weighted by molar-refractivity contribution is -0.139. The number of amides is 2. The van der Waals surface area contributed by atoms with Gasteiger partial charge in [-0.3, -0.25) is 9.59 Å². The lowest BCUT2D eigenvalue weighted by Gasteiger charge is -2.23. The van der Waals surface area contributed by atoms with Gasteiger partial charge >= 0.3 is 11.8 Å². The van der Waals surface area contributed by atoms with E-state index in [-0.39, 0.29) is 6.04 Å². The molecule has 0 saturated carbocycles. The van der Waals surface area contributed by atoms with Gasteiger partial charge in [0.1, 0.15) is 0 Å². The van der Waals surface area contributed by atoms with E-state index in [9.17, 15) is 9.59 Å². The van der Waals surface area contributed by atoms with Gasteiger partial charge in [0.05, 0.1) is 6.04 Å². The number of benzene rings is 1. The van der Waals surface area contributed by atoms with Crippen LogP contribution in [-0.2, 0) is 16.0 Å². The van der Waals surface area contributed by atoms with Crippen molar-refractivity contribution in [1.29, 1.82) is 0 Å². The molecule has 2 rings (SSSR count). The minimum atomic E-state index is -0.591. The second-order valence-corrected chi connectivity index (χ2v) is 6.68. The van der Waals surface area contributed by atoms with E-state index in [1.165, 1.54) is 0 Å². The Bertz CT molecular complexity index is 642. The highest BCUT2D eigenvalue weighted by Crippen LogP contribution is 2.22. The van der Waals surface area contributed by atoms with Gasteiger partial charge in [0.2, 0.25) is 0 Å². The van der Waals surface area contributed by atoms with Crippen molar-refractivity contribution in [2.75, 3.05) is 27.2 Å². The van der Waals surface area contributed by atoms with Crippen LogP contribution in [0.4, 0.5) is 0 Å². The van der Waals surface area contributed by atoms with Gasteiger partial charge in [-0.05, 0) is 37.5 Å². The van der Waals surface area contributed by atoms with Gasteiger partial charge in [0.15, 0.2) is 0 Å². The molecule has 0 bridgehead atoms. The second kappa shape index (κ2) is 9.20. The number of hydrogen-bond acceptors (Lipinski definition) is 4. The summed E-state index contributed by atoms with van der Waals surface area (Å²) in [6, 6.07) is 13.9. The molecule has 24 heavy (non-hydrogen) atoms. The molecule has 1 heterocycles. The zero-order valence-electron chi connectivity index (χ0n) is 14.0. The fourth-order valence-corrected chi connectivity index (χ4v) is 3.26. The van der Waals surface area contributed by atoms with Gasteiger partial charge in [0.25, 0.3) is 0 Å². The molecule has 0 radical (unpaired) electrons. The minimum absolute atomic E-state index is 0.0612. The fraction of sp³-hybridized carbons (Fsp3) is 0.333. The number of likely N-dealkylation sites (N-methyl/N-ethyl adjacent to an activating group) is 1. The average molecular weight is 345 g/mol. The third-order valence-corrected chi connectivity index (χ3v) is 4.67.